The number of hydrogen-bond donors (Lipinski definition) is 0. The molecule has 0 radical (unpaired) electrons. The van der Waals surface area contributed by atoms with Crippen molar-refractivity contribution in [2.75, 3.05) is 7.11 Å². The van der Waals surface area contributed by atoms with Gasteiger partial charge in [0.1, 0.15) is 0 Å². The van der Waals surface area contributed by atoms with E-state index in [4.69, 9.17) is 4.74 Å². The molecule has 0 fully saturated rings. The number of thioether (sulfide) groups is 1. The lowest BCUT2D eigenvalue weighted by Gasteiger charge is -2.09. The van der Waals surface area contributed by atoms with Gasteiger partial charge in [-0.25, -0.2) is 4.39 Å². The molecule has 0 aromatic heterocycles. The van der Waals surface area contributed by atoms with Crippen molar-refractivity contribution in [2.45, 2.75) is 4.90 Å². The van der Waals surface area contributed by atoms with Crippen LogP contribution in [0.15, 0.2) is 85.5 Å². The minimum atomic E-state index is -0.444. The van der Waals surface area contributed by atoms with Gasteiger partial charge in [-0.3, -0.25) is 4.79 Å². The van der Waals surface area contributed by atoms with Crippen molar-refractivity contribution in [2.24, 2.45) is 0 Å². The lowest BCUT2D eigenvalue weighted by atomic mass is 10.1. The molecular formula is C22H15Br2FO2S. The minimum absolute atomic E-state index is 0.108. The van der Waals surface area contributed by atoms with E-state index in [1.54, 1.807) is 30.3 Å². The maximum atomic E-state index is 13.7. The average Bonchev–Trinajstić information content (AvgIpc) is 2.70. The summed E-state index contributed by atoms with van der Waals surface area (Å²) in [6, 6.07) is 19.4. The number of hydrogen-bond acceptors (Lipinski definition) is 3. The molecule has 0 aliphatic carbocycles. The lowest BCUT2D eigenvalue weighted by Crippen LogP contribution is -2.01. The minimum Gasteiger partial charge on any atom is -0.494 e. The zero-order valence-corrected chi connectivity index (χ0v) is 18.8. The molecule has 6 heteroatoms. The highest BCUT2D eigenvalue weighted by atomic mass is 79.9. The summed E-state index contributed by atoms with van der Waals surface area (Å²) in [7, 11) is 1.41. The van der Waals surface area contributed by atoms with E-state index in [0.717, 1.165) is 13.8 Å². The van der Waals surface area contributed by atoms with Crippen molar-refractivity contribution in [3.8, 4) is 5.75 Å². The number of Topliss-reactive ketones (excluding diaryl/α,β-unsaturated/α-hetero) is 1. The van der Waals surface area contributed by atoms with Gasteiger partial charge in [0.15, 0.2) is 17.3 Å². The second kappa shape index (κ2) is 9.54. The van der Waals surface area contributed by atoms with Crippen molar-refractivity contribution in [1.29, 1.82) is 0 Å². The highest BCUT2D eigenvalue weighted by Crippen LogP contribution is 2.33. The van der Waals surface area contributed by atoms with Gasteiger partial charge in [0, 0.05) is 19.4 Å². The Balaban J connectivity index is 2.01. The maximum Gasteiger partial charge on any atom is 0.199 e. The van der Waals surface area contributed by atoms with Gasteiger partial charge < -0.3 is 4.74 Å². The van der Waals surface area contributed by atoms with E-state index in [9.17, 15) is 9.18 Å². The van der Waals surface area contributed by atoms with Crippen molar-refractivity contribution in [3.63, 3.8) is 0 Å². The maximum absolute atomic E-state index is 13.7. The second-order valence-corrected chi connectivity index (χ2v) is 8.74. The monoisotopic (exact) mass is 520 g/mol. The molecule has 3 aromatic carbocycles. The van der Waals surface area contributed by atoms with Gasteiger partial charge in [0.2, 0.25) is 0 Å². The third-order valence-electron chi connectivity index (χ3n) is 3.84. The number of allylic oxidation sites excluding steroid dienone is 1. The summed E-state index contributed by atoms with van der Waals surface area (Å²) in [5.41, 5.74) is 1.26. The zero-order chi connectivity index (χ0) is 20.1. The molecule has 3 aromatic rings. The molecule has 2 nitrogen and oxygen atoms in total. The van der Waals surface area contributed by atoms with E-state index in [1.165, 1.54) is 24.9 Å². The first-order chi connectivity index (χ1) is 13.5. The molecule has 0 aliphatic rings. The van der Waals surface area contributed by atoms with E-state index >= 15 is 0 Å². The number of rotatable bonds is 6. The summed E-state index contributed by atoms with van der Waals surface area (Å²) in [6.45, 7) is 0. The first kappa shape index (κ1) is 20.8. The van der Waals surface area contributed by atoms with Gasteiger partial charge in [-0.05, 0) is 72.3 Å². The Morgan fingerprint density at radius 1 is 0.964 bits per heavy atom. The fourth-order valence-electron chi connectivity index (χ4n) is 2.43. The third-order valence-corrected chi connectivity index (χ3v) is 5.93. The van der Waals surface area contributed by atoms with Crippen molar-refractivity contribution >= 4 is 55.5 Å². The van der Waals surface area contributed by atoms with Crippen LogP contribution in [0.2, 0.25) is 0 Å². The highest BCUT2D eigenvalue weighted by Gasteiger charge is 2.15. The van der Waals surface area contributed by atoms with Gasteiger partial charge >= 0.3 is 0 Å². The van der Waals surface area contributed by atoms with Gasteiger partial charge in [-0.2, -0.15) is 0 Å². The fourth-order valence-corrected chi connectivity index (χ4v) is 3.89. The molecule has 0 heterocycles. The smallest absolute Gasteiger partial charge is 0.199 e. The Morgan fingerprint density at radius 2 is 1.57 bits per heavy atom. The first-order valence-electron chi connectivity index (χ1n) is 8.25. The summed E-state index contributed by atoms with van der Waals surface area (Å²) in [5.74, 6) is -0.414. The molecule has 3 rings (SSSR count). The number of benzene rings is 3. The van der Waals surface area contributed by atoms with Crippen LogP contribution >= 0.6 is 43.6 Å². The van der Waals surface area contributed by atoms with Crippen LogP contribution in [-0.2, 0) is 0 Å². The van der Waals surface area contributed by atoms with Gasteiger partial charge in [-0.1, -0.05) is 49.7 Å². The van der Waals surface area contributed by atoms with Crippen LogP contribution in [0.5, 0.6) is 5.75 Å². The van der Waals surface area contributed by atoms with Crippen molar-refractivity contribution in [1.82, 2.24) is 0 Å². The topological polar surface area (TPSA) is 26.3 Å². The van der Waals surface area contributed by atoms with Gasteiger partial charge in [0.25, 0.3) is 0 Å². The van der Waals surface area contributed by atoms with Crippen LogP contribution in [-0.4, -0.2) is 12.9 Å². The molecule has 0 spiro atoms. The van der Waals surface area contributed by atoms with E-state index in [2.05, 4.69) is 31.9 Å². The second-order valence-electron chi connectivity index (χ2n) is 5.79. The normalized spacial score (nSPS) is 11.4. The SMILES string of the molecule is COc1cc(/C=C(/Sc2ccc(Br)cc2)C(=O)c2ccc(Br)cc2)ccc1F. The molecule has 0 saturated heterocycles. The van der Waals surface area contributed by atoms with Crippen LogP contribution in [0.1, 0.15) is 15.9 Å². The number of ether oxygens (including phenoxy) is 1. The molecule has 0 amide bonds. The number of halogens is 3. The predicted octanol–water partition coefficient (Wildman–Crippen LogP) is 7.38. The Labute approximate surface area is 184 Å². The summed E-state index contributed by atoms with van der Waals surface area (Å²) >= 11 is 8.16. The molecule has 28 heavy (non-hydrogen) atoms. The van der Waals surface area contributed by atoms with Crippen LogP contribution in [0, 0.1) is 5.82 Å². The Kier molecular flexibility index (Phi) is 7.10. The summed E-state index contributed by atoms with van der Waals surface area (Å²) in [5, 5.41) is 0. The zero-order valence-electron chi connectivity index (χ0n) is 14.8. The van der Waals surface area contributed by atoms with Gasteiger partial charge in [0.05, 0.1) is 12.0 Å². The summed E-state index contributed by atoms with van der Waals surface area (Å²) < 4.78 is 20.6. The van der Waals surface area contributed by atoms with E-state index in [1.807, 2.05) is 36.4 Å². The molecular weight excluding hydrogens is 507 g/mol. The third kappa shape index (κ3) is 5.34. The standard InChI is InChI=1S/C22H15Br2FO2S/c1-27-20-12-14(2-11-19(20)25)13-21(28-18-9-7-17(24)8-10-18)22(26)15-3-5-16(23)6-4-15/h2-13H,1H3/b21-13+. The molecule has 142 valence electrons. The number of methoxy groups -OCH3 is 1. The number of carbonyl (C=O) groups excluding carboxylic acids is 1. The largest absolute Gasteiger partial charge is 0.494 e. The van der Waals surface area contributed by atoms with Crippen molar-refractivity contribution < 1.29 is 13.9 Å². The first-order valence-corrected chi connectivity index (χ1v) is 10.7. The van der Waals surface area contributed by atoms with Crippen LogP contribution in [0.25, 0.3) is 6.08 Å². The number of ketones is 1. The molecule has 0 aliphatic heterocycles. The molecule has 0 saturated carbocycles. The Bertz CT molecular complexity index is 1020. The molecule has 0 unspecified atom stereocenters. The lowest BCUT2D eigenvalue weighted by molar-refractivity contribution is 0.104. The van der Waals surface area contributed by atoms with Crippen LogP contribution in [0.3, 0.4) is 0 Å². The summed E-state index contributed by atoms with van der Waals surface area (Å²) in [4.78, 5) is 14.6. The van der Waals surface area contributed by atoms with E-state index in [-0.39, 0.29) is 11.5 Å². The van der Waals surface area contributed by atoms with Crippen LogP contribution < -0.4 is 4.74 Å². The van der Waals surface area contributed by atoms with Gasteiger partial charge in [-0.15, -0.1) is 0 Å². The molecule has 0 bridgehead atoms. The predicted molar refractivity (Wildman–Crippen MR) is 119 cm³/mol. The fraction of sp³-hybridized carbons (Fsp3) is 0.0455. The summed E-state index contributed by atoms with van der Waals surface area (Å²) in [6.07, 6.45) is 1.75. The Hall–Kier alpha value is -1.89. The van der Waals surface area contributed by atoms with Crippen LogP contribution in [0.4, 0.5) is 4.39 Å². The average molecular weight is 522 g/mol. The van der Waals surface area contributed by atoms with Crippen molar-refractivity contribution in [3.05, 3.63) is 97.5 Å². The Morgan fingerprint density at radius 3 is 2.18 bits per heavy atom. The highest BCUT2D eigenvalue weighted by molar-refractivity contribution is 9.10. The molecule has 0 N–H and O–H groups in total. The van der Waals surface area contributed by atoms with E-state index < -0.39 is 5.82 Å². The molecule has 0 atom stereocenters. The van der Waals surface area contributed by atoms with E-state index in [0.29, 0.717) is 16.0 Å². The number of carbonyl (C=O) groups is 1. The quantitative estimate of drug-likeness (QED) is 0.192.